The number of esters is 1. The molecule has 1 atom stereocenters. The fraction of sp³-hybridized carbons (Fsp3) is 0.400. The first-order valence-corrected chi connectivity index (χ1v) is 8.57. The lowest BCUT2D eigenvalue weighted by Crippen LogP contribution is -2.34. The molecule has 0 radical (unpaired) electrons. The third-order valence-corrected chi connectivity index (χ3v) is 4.56. The Morgan fingerprint density at radius 3 is 2.23 bits per heavy atom. The van der Waals surface area contributed by atoms with Crippen molar-refractivity contribution in [2.24, 2.45) is 4.99 Å². The Labute approximate surface area is 152 Å². The first-order valence-electron chi connectivity index (χ1n) is 8.57. The van der Waals surface area contributed by atoms with Crippen LogP contribution in [0.15, 0.2) is 40.4 Å². The quantitative estimate of drug-likeness (QED) is 0.598. The average Bonchev–Trinajstić information content (AvgIpc) is 2.87. The molecule has 1 unspecified atom stereocenters. The van der Waals surface area contributed by atoms with Gasteiger partial charge in [-0.1, -0.05) is 36.8 Å². The number of rotatable bonds is 7. The SMILES string of the molecule is CCOC(=O)C1=C(C)C(C(=O)c2ccc(C)cc2)=NC1(CC)CC(=O)O. The molecule has 1 aliphatic heterocycles. The van der Waals surface area contributed by atoms with Crippen LogP contribution >= 0.6 is 0 Å². The van der Waals surface area contributed by atoms with E-state index in [9.17, 15) is 19.5 Å². The van der Waals surface area contributed by atoms with Crippen molar-refractivity contribution in [3.05, 3.63) is 46.5 Å². The highest BCUT2D eigenvalue weighted by atomic mass is 16.5. The summed E-state index contributed by atoms with van der Waals surface area (Å²) in [5, 5.41) is 9.33. The molecule has 1 aliphatic rings. The molecule has 2 rings (SSSR count). The molecule has 6 nitrogen and oxygen atoms in total. The summed E-state index contributed by atoms with van der Waals surface area (Å²) in [7, 11) is 0. The van der Waals surface area contributed by atoms with Gasteiger partial charge < -0.3 is 9.84 Å². The summed E-state index contributed by atoms with van der Waals surface area (Å²) in [5.74, 6) is -2.04. The third kappa shape index (κ3) is 3.59. The molecule has 0 saturated carbocycles. The molecule has 0 spiro atoms. The molecule has 6 heteroatoms. The lowest BCUT2D eigenvalue weighted by molar-refractivity contribution is -0.140. The molecule has 1 aromatic rings. The van der Waals surface area contributed by atoms with Crippen LogP contribution in [-0.2, 0) is 14.3 Å². The molecule has 0 aliphatic carbocycles. The Morgan fingerprint density at radius 2 is 1.73 bits per heavy atom. The highest BCUT2D eigenvalue weighted by molar-refractivity contribution is 6.52. The second-order valence-corrected chi connectivity index (χ2v) is 6.33. The van der Waals surface area contributed by atoms with Crippen LogP contribution in [0.3, 0.4) is 0 Å². The van der Waals surface area contributed by atoms with Gasteiger partial charge in [-0.05, 0) is 32.8 Å². The van der Waals surface area contributed by atoms with Crippen molar-refractivity contribution in [3.63, 3.8) is 0 Å². The zero-order valence-electron chi connectivity index (χ0n) is 15.5. The lowest BCUT2D eigenvalue weighted by atomic mass is 9.83. The monoisotopic (exact) mass is 357 g/mol. The normalized spacial score (nSPS) is 19.3. The number of ether oxygens (including phenoxy) is 1. The number of carbonyl (C=O) groups is 3. The van der Waals surface area contributed by atoms with E-state index in [-0.39, 0.29) is 36.5 Å². The summed E-state index contributed by atoms with van der Waals surface area (Å²) < 4.78 is 5.11. The van der Waals surface area contributed by atoms with E-state index in [4.69, 9.17) is 4.74 Å². The Hall–Kier alpha value is -2.76. The number of carboxylic acid groups (broad SMARTS) is 1. The number of aryl methyl sites for hydroxylation is 1. The van der Waals surface area contributed by atoms with E-state index >= 15 is 0 Å². The molecule has 0 saturated heterocycles. The van der Waals surface area contributed by atoms with Crippen LogP contribution in [0.2, 0.25) is 0 Å². The fourth-order valence-electron chi connectivity index (χ4n) is 3.19. The van der Waals surface area contributed by atoms with Gasteiger partial charge in [-0.25, -0.2) is 4.79 Å². The van der Waals surface area contributed by atoms with Gasteiger partial charge in [-0.3, -0.25) is 14.6 Å². The van der Waals surface area contributed by atoms with Gasteiger partial charge in [0.25, 0.3) is 0 Å². The van der Waals surface area contributed by atoms with Crippen LogP contribution in [0.5, 0.6) is 0 Å². The molecule has 0 aromatic heterocycles. The van der Waals surface area contributed by atoms with Gasteiger partial charge in [0.05, 0.1) is 18.6 Å². The zero-order valence-corrected chi connectivity index (χ0v) is 15.5. The number of hydrogen-bond acceptors (Lipinski definition) is 5. The van der Waals surface area contributed by atoms with Gasteiger partial charge in [0.1, 0.15) is 11.3 Å². The van der Waals surface area contributed by atoms with Crippen molar-refractivity contribution >= 4 is 23.4 Å². The van der Waals surface area contributed by atoms with Crippen molar-refractivity contribution in [2.75, 3.05) is 6.61 Å². The molecular weight excluding hydrogens is 334 g/mol. The highest BCUT2D eigenvalue weighted by Gasteiger charge is 2.46. The number of hydrogen-bond donors (Lipinski definition) is 1. The van der Waals surface area contributed by atoms with Crippen molar-refractivity contribution in [1.82, 2.24) is 0 Å². The summed E-state index contributed by atoms with van der Waals surface area (Å²) in [6.45, 7) is 7.12. The molecule has 0 fully saturated rings. The van der Waals surface area contributed by atoms with Gasteiger partial charge in [-0.15, -0.1) is 0 Å². The number of ketones is 1. The molecule has 1 N–H and O–H groups in total. The van der Waals surface area contributed by atoms with Crippen molar-refractivity contribution in [1.29, 1.82) is 0 Å². The first-order chi connectivity index (χ1) is 12.3. The second kappa shape index (κ2) is 7.64. The third-order valence-electron chi connectivity index (χ3n) is 4.56. The predicted octanol–water partition coefficient (Wildman–Crippen LogP) is 3.14. The number of aliphatic imine (C=N–C) groups is 1. The maximum atomic E-state index is 12.9. The Kier molecular flexibility index (Phi) is 5.75. The number of aliphatic carboxylic acids is 1. The average molecular weight is 357 g/mol. The van der Waals surface area contributed by atoms with Gasteiger partial charge in [0.2, 0.25) is 5.78 Å². The molecule has 0 amide bonds. The molecule has 26 heavy (non-hydrogen) atoms. The number of carboxylic acids is 1. The standard InChI is InChI=1S/C20H23NO5/c1-5-20(11-15(22)23)16(19(25)26-6-2)13(4)17(21-20)18(24)14-9-7-12(3)8-10-14/h7-10H,5-6,11H2,1-4H3,(H,22,23). The van der Waals surface area contributed by atoms with E-state index in [0.29, 0.717) is 11.1 Å². The number of carbonyl (C=O) groups excluding carboxylic acids is 2. The Balaban J connectivity index is 2.57. The molecule has 138 valence electrons. The van der Waals surface area contributed by atoms with Crippen LogP contribution < -0.4 is 0 Å². The van der Waals surface area contributed by atoms with E-state index in [0.717, 1.165) is 5.56 Å². The largest absolute Gasteiger partial charge is 0.481 e. The molecule has 1 aromatic carbocycles. The minimum absolute atomic E-state index is 0.125. The fourth-order valence-corrected chi connectivity index (χ4v) is 3.19. The second-order valence-electron chi connectivity index (χ2n) is 6.33. The Morgan fingerprint density at radius 1 is 1.12 bits per heavy atom. The molecule has 0 bridgehead atoms. The summed E-state index contributed by atoms with van der Waals surface area (Å²) >= 11 is 0. The number of nitrogens with zero attached hydrogens (tertiary/aromatic N) is 1. The van der Waals surface area contributed by atoms with Crippen LogP contribution in [0.1, 0.15) is 49.5 Å². The van der Waals surface area contributed by atoms with Crippen molar-refractivity contribution in [3.8, 4) is 0 Å². The molecule has 1 heterocycles. The zero-order chi connectivity index (χ0) is 19.5. The smallest absolute Gasteiger partial charge is 0.336 e. The van der Waals surface area contributed by atoms with Gasteiger partial charge in [0.15, 0.2) is 0 Å². The van der Waals surface area contributed by atoms with Crippen molar-refractivity contribution in [2.45, 2.75) is 46.1 Å². The lowest BCUT2D eigenvalue weighted by Gasteiger charge is -2.25. The first kappa shape index (κ1) is 19.6. The maximum Gasteiger partial charge on any atom is 0.336 e. The van der Waals surface area contributed by atoms with E-state index < -0.39 is 17.5 Å². The van der Waals surface area contributed by atoms with E-state index in [2.05, 4.69) is 4.99 Å². The van der Waals surface area contributed by atoms with Crippen LogP contribution in [0, 0.1) is 6.92 Å². The van der Waals surface area contributed by atoms with Crippen molar-refractivity contribution < 1.29 is 24.2 Å². The summed E-state index contributed by atoms with van der Waals surface area (Å²) in [5.41, 5.74) is 0.858. The van der Waals surface area contributed by atoms with Crippen LogP contribution in [-0.4, -0.2) is 40.7 Å². The highest BCUT2D eigenvalue weighted by Crippen LogP contribution is 2.39. The van der Waals surface area contributed by atoms with Gasteiger partial charge >= 0.3 is 11.9 Å². The van der Waals surface area contributed by atoms with Gasteiger partial charge in [0, 0.05) is 5.56 Å². The van der Waals surface area contributed by atoms with E-state index in [1.807, 2.05) is 19.1 Å². The minimum atomic E-state index is -1.28. The maximum absolute atomic E-state index is 12.9. The summed E-state index contributed by atoms with van der Waals surface area (Å²) in [6, 6.07) is 7.03. The van der Waals surface area contributed by atoms with E-state index in [1.165, 1.54) is 0 Å². The number of Topliss-reactive ketones (excluding diaryl/α,β-unsaturated/α-hetero) is 1. The van der Waals surface area contributed by atoms with E-state index in [1.54, 1.807) is 32.9 Å². The summed E-state index contributed by atoms with van der Waals surface area (Å²) in [6.07, 6.45) is -0.102. The van der Waals surface area contributed by atoms with Crippen LogP contribution in [0.25, 0.3) is 0 Å². The number of allylic oxidation sites excluding steroid dienone is 1. The summed E-state index contributed by atoms with van der Waals surface area (Å²) in [4.78, 5) is 41.3. The molecular formula is C20H23NO5. The topological polar surface area (TPSA) is 93.0 Å². The predicted molar refractivity (Wildman–Crippen MR) is 97.6 cm³/mol. The minimum Gasteiger partial charge on any atom is -0.481 e. The van der Waals surface area contributed by atoms with Crippen LogP contribution in [0.4, 0.5) is 0 Å². The van der Waals surface area contributed by atoms with Gasteiger partial charge in [-0.2, -0.15) is 0 Å². The Bertz CT molecular complexity index is 804. The number of benzene rings is 1.